The zero-order chi connectivity index (χ0) is 57.4. The van der Waals surface area contributed by atoms with Crippen LogP contribution in [0.1, 0.15) is 162 Å². The van der Waals surface area contributed by atoms with Gasteiger partial charge < -0.3 is 44.5 Å². The van der Waals surface area contributed by atoms with Crippen molar-refractivity contribution in [3.05, 3.63) is 0 Å². The van der Waals surface area contributed by atoms with Crippen molar-refractivity contribution < 1.29 is 67.5 Å². The lowest BCUT2D eigenvalue weighted by Gasteiger charge is -2.63. The van der Waals surface area contributed by atoms with E-state index in [1.165, 1.54) is 7.11 Å². The summed E-state index contributed by atoms with van der Waals surface area (Å²) in [6.45, 7) is 26.6. The van der Waals surface area contributed by atoms with Crippen LogP contribution in [-0.4, -0.2) is 180 Å². The molecular weight excluding hydrogens is 979 g/mol. The van der Waals surface area contributed by atoms with Gasteiger partial charge in [-0.05, 0) is 181 Å². The molecule has 0 aromatic carbocycles. The molecule has 2 amide bonds. The fraction of sp³-hybridized carbons (Fsp3) is 0.877. The van der Waals surface area contributed by atoms with Gasteiger partial charge in [0.2, 0.25) is 11.8 Å². The van der Waals surface area contributed by atoms with Gasteiger partial charge in [0.15, 0.2) is 0 Å². The Hall–Kier alpha value is -3.91. The number of aliphatic hydroxyl groups is 2. The number of fused-ring (bicyclic) bond motifs is 5. The molecule has 0 spiro atoms. The lowest BCUT2D eigenvalue weighted by Crippen LogP contribution is -2.63. The molecule has 4 N–H and O–H groups in total. The van der Waals surface area contributed by atoms with Crippen LogP contribution < -0.4 is 10.6 Å². The summed E-state index contributed by atoms with van der Waals surface area (Å²) in [7, 11) is 1.41. The van der Waals surface area contributed by atoms with Crippen molar-refractivity contribution in [2.45, 2.75) is 202 Å². The second-order valence-corrected chi connectivity index (χ2v) is 27.0. The first-order valence-electron chi connectivity index (χ1n) is 27.9. The van der Waals surface area contributed by atoms with Crippen LogP contribution in [-0.2, 0) is 57.2 Å². The Morgan fingerprint density at radius 2 is 1.05 bits per heavy atom. The standard InChI is InChI=1S/C57H99N5O14/c1-36(17-20-46(67)72-16)39-18-19-40-51-41(29-43(64)57(39,40)15)56(14)22-21-38(27-37(56)28-42(51)63)59-44(65)30-58-45(66)31-60(23-25-61(32-47(68)73-52(2,3)4)33-48(69)74-53(5,6)7)24-26-62(34-49(70)75-54(8,9)10)35-50(71)76-55(11,12)13/h36-43,51,63-64H,17-35H2,1-16H3,(H,58,66)(H,59,65)/t36-,37+,38+,39-,40+,41+,42-,43+,51+,56+,57-/m1/s1. The van der Waals surface area contributed by atoms with E-state index in [0.717, 1.165) is 25.7 Å². The fourth-order valence-electron chi connectivity index (χ4n) is 13.1. The summed E-state index contributed by atoms with van der Waals surface area (Å²) in [6.07, 6.45) is 5.30. The Morgan fingerprint density at radius 3 is 1.50 bits per heavy atom. The number of aliphatic hydroxyl groups excluding tert-OH is 2. The van der Waals surface area contributed by atoms with E-state index < -0.39 is 64.4 Å². The number of ether oxygens (including phenoxy) is 5. The van der Waals surface area contributed by atoms with Gasteiger partial charge in [0.1, 0.15) is 22.4 Å². The molecule has 0 saturated heterocycles. The number of carbonyl (C=O) groups is 7. The zero-order valence-electron chi connectivity index (χ0n) is 49.3. The van der Waals surface area contributed by atoms with Gasteiger partial charge in [-0.25, -0.2) is 0 Å². The monoisotopic (exact) mass is 1080 g/mol. The number of nitrogens with one attached hydrogen (secondary N) is 2. The van der Waals surface area contributed by atoms with E-state index in [9.17, 15) is 43.8 Å². The molecule has 4 fully saturated rings. The van der Waals surface area contributed by atoms with Crippen molar-refractivity contribution in [1.29, 1.82) is 0 Å². The molecule has 11 atom stereocenters. The van der Waals surface area contributed by atoms with E-state index in [-0.39, 0.29) is 130 Å². The molecule has 0 aromatic heterocycles. The molecule has 0 aliphatic heterocycles. The maximum absolute atomic E-state index is 13.8. The minimum absolute atomic E-state index is 0.0597. The molecule has 0 radical (unpaired) electrons. The molecular formula is C57H99N5O14. The molecule has 4 saturated carbocycles. The van der Waals surface area contributed by atoms with E-state index in [4.69, 9.17) is 23.7 Å². The highest BCUT2D eigenvalue weighted by Crippen LogP contribution is 2.68. The van der Waals surface area contributed by atoms with Crippen molar-refractivity contribution >= 4 is 41.7 Å². The van der Waals surface area contributed by atoms with Gasteiger partial charge in [0.05, 0.1) is 58.6 Å². The largest absolute Gasteiger partial charge is 0.469 e. The maximum Gasteiger partial charge on any atom is 0.320 e. The summed E-state index contributed by atoms with van der Waals surface area (Å²) < 4.78 is 27.2. The minimum atomic E-state index is -0.783. The first-order valence-corrected chi connectivity index (χ1v) is 27.9. The number of carbonyl (C=O) groups excluding carboxylic acids is 7. The van der Waals surface area contributed by atoms with Crippen LogP contribution in [0.15, 0.2) is 0 Å². The summed E-state index contributed by atoms with van der Waals surface area (Å²) in [6, 6.07) is -0.171. The van der Waals surface area contributed by atoms with Crippen molar-refractivity contribution in [1.82, 2.24) is 25.3 Å². The third kappa shape index (κ3) is 19.5. The van der Waals surface area contributed by atoms with Gasteiger partial charge in [-0.1, -0.05) is 20.8 Å². The van der Waals surface area contributed by atoms with Crippen LogP contribution in [0.2, 0.25) is 0 Å². The molecule has 19 heteroatoms. The Labute approximate surface area is 454 Å². The third-order valence-corrected chi connectivity index (χ3v) is 16.3. The molecule has 0 bridgehead atoms. The summed E-state index contributed by atoms with van der Waals surface area (Å²) in [5, 5.41) is 30.0. The van der Waals surface area contributed by atoms with E-state index >= 15 is 0 Å². The number of methoxy groups -OCH3 is 1. The summed E-state index contributed by atoms with van der Waals surface area (Å²) in [5.74, 6) is -2.35. The first kappa shape index (κ1) is 64.6. The van der Waals surface area contributed by atoms with Crippen LogP contribution in [0.5, 0.6) is 0 Å². The predicted molar refractivity (Wildman–Crippen MR) is 286 cm³/mol. The van der Waals surface area contributed by atoms with Gasteiger partial charge in [-0.3, -0.25) is 48.3 Å². The number of hydrogen-bond acceptors (Lipinski definition) is 17. The molecule has 19 nitrogen and oxygen atoms in total. The highest BCUT2D eigenvalue weighted by Gasteiger charge is 2.65. The van der Waals surface area contributed by atoms with Crippen LogP contribution in [0.4, 0.5) is 0 Å². The third-order valence-electron chi connectivity index (χ3n) is 16.3. The van der Waals surface area contributed by atoms with E-state index in [1.807, 2.05) is 0 Å². The Morgan fingerprint density at radius 1 is 0.592 bits per heavy atom. The SMILES string of the molecule is COC(=O)CC[C@@H](C)[C@H]1CC[C@H]2[C@@H]3[C@H](O)C[C@@H]4C[C@@H](NC(=O)CNC(=O)CN(CCN(CC(=O)OC(C)(C)C)CC(=O)OC(C)(C)C)CCN(CC(=O)OC(C)(C)C)CC(=O)OC(C)(C)C)CC[C@]4(C)[C@H]3C[C@H](O)[C@]12C. The maximum atomic E-state index is 13.8. The highest BCUT2D eigenvalue weighted by atomic mass is 16.6. The number of rotatable bonds is 23. The average Bonchev–Trinajstić information content (AvgIpc) is 3.61. The number of nitrogens with zero attached hydrogens (tertiary/aromatic N) is 3. The normalized spacial score (nSPS) is 28.1. The second kappa shape index (κ2) is 26.4. The summed E-state index contributed by atoms with van der Waals surface area (Å²) in [5.41, 5.74) is -3.63. The lowest BCUT2D eigenvalue weighted by molar-refractivity contribution is -0.202. The molecule has 0 aromatic rings. The van der Waals surface area contributed by atoms with Crippen LogP contribution in [0.3, 0.4) is 0 Å². The van der Waals surface area contributed by atoms with Crippen molar-refractivity contribution in [2.75, 3.05) is 72.6 Å². The van der Waals surface area contributed by atoms with Crippen LogP contribution in [0, 0.1) is 46.3 Å². The van der Waals surface area contributed by atoms with E-state index in [0.29, 0.717) is 32.1 Å². The van der Waals surface area contributed by atoms with Crippen LogP contribution in [0.25, 0.3) is 0 Å². The van der Waals surface area contributed by atoms with Crippen molar-refractivity contribution in [2.24, 2.45) is 46.3 Å². The fourth-order valence-corrected chi connectivity index (χ4v) is 13.1. The summed E-state index contributed by atoms with van der Waals surface area (Å²) in [4.78, 5) is 96.7. The van der Waals surface area contributed by atoms with E-state index in [1.54, 1.807) is 97.8 Å². The van der Waals surface area contributed by atoms with Crippen LogP contribution >= 0.6 is 0 Å². The molecule has 4 aliphatic carbocycles. The van der Waals surface area contributed by atoms with Gasteiger partial charge >= 0.3 is 29.8 Å². The molecule has 0 heterocycles. The van der Waals surface area contributed by atoms with Crippen molar-refractivity contribution in [3.63, 3.8) is 0 Å². The number of esters is 5. The molecule has 4 rings (SSSR count). The Balaban J connectivity index is 1.44. The van der Waals surface area contributed by atoms with Gasteiger partial charge in [0.25, 0.3) is 0 Å². The van der Waals surface area contributed by atoms with Crippen molar-refractivity contribution in [3.8, 4) is 0 Å². The molecule has 76 heavy (non-hydrogen) atoms. The Bertz CT molecular complexity index is 1880. The summed E-state index contributed by atoms with van der Waals surface area (Å²) >= 11 is 0. The molecule has 4 aliphatic rings. The van der Waals surface area contributed by atoms with Gasteiger partial charge in [-0.15, -0.1) is 0 Å². The van der Waals surface area contributed by atoms with E-state index in [2.05, 4.69) is 31.4 Å². The van der Waals surface area contributed by atoms with Gasteiger partial charge in [-0.2, -0.15) is 0 Å². The Kier molecular flexibility index (Phi) is 22.4. The predicted octanol–water partition coefficient (Wildman–Crippen LogP) is 5.05. The average molecular weight is 1080 g/mol. The number of hydrogen-bond donors (Lipinski definition) is 4. The molecule has 436 valence electrons. The second-order valence-electron chi connectivity index (χ2n) is 27.0. The molecule has 0 unspecified atom stereocenters. The first-order chi connectivity index (χ1) is 34.9. The quantitative estimate of drug-likeness (QED) is 0.0773. The minimum Gasteiger partial charge on any atom is -0.469 e. The lowest BCUT2D eigenvalue weighted by atomic mass is 9.43. The topological polar surface area (TPSA) is 240 Å². The zero-order valence-corrected chi connectivity index (χ0v) is 49.3. The number of amides is 2. The highest BCUT2D eigenvalue weighted by molar-refractivity contribution is 5.85. The smallest absolute Gasteiger partial charge is 0.320 e. The van der Waals surface area contributed by atoms with Gasteiger partial charge in [0, 0.05) is 38.6 Å².